The molecule has 0 heterocycles. The largest absolute Gasteiger partial charge is 0.496 e. The van der Waals surface area contributed by atoms with E-state index in [0.29, 0.717) is 11.3 Å². The molecule has 1 aromatic carbocycles. The maximum atomic E-state index is 11.4. The second-order valence-corrected chi connectivity index (χ2v) is 3.96. The van der Waals surface area contributed by atoms with Crippen molar-refractivity contribution >= 4 is 38.8 Å². The molecule has 0 aliphatic heterocycles. The lowest BCUT2D eigenvalue weighted by Crippen LogP contribution is -2.08. The minimum atomic E-state index is -0.393. The number of esters is 1. The van der Waals surface area contributed by atoms with Crippen molar-refractivity contribution in [1.29, 1.82) is 0 Å². The number of rotatable bonds is 3. The first-order chi connectivity index (χ1) is 6.69. The van der Waals surface area contributed by atoms with Gasteiger partial charge in [0.1, 0.15) is 11.3 Å². The van der Waals surface area contributed by atoms with Crippen molar-refractivity contribution < 1.29 is 14.3 Å². The lowest BCUT2D eigenvalue weighted by molar-refractivity contribution is 0.0570. The van der Waals surface area contributed by atoms with E-state index in [2.05, 4.69) is 32.8 Å². The van der Waals surface area contributed by atoms with Crippen molar-refractivity contribution in [2.75, 3.05) is 13.3 Å². The lowest BCUT2D eigenvalue weighted by Gasteiger charge is -2.07. The van der Waals surface area contributed by atoms with E-state index in [0.717, 1.165) is 3.57 Å². The highest BCUT2D eigenvalue weighted by Crippen LogP contribution is 2.21. The Morgan fingerprint density at radius 1 is 1.57 bits per heavy atom. The minimum absolute atomic E-state index is 0.174. The van der Waals surface area contributed by atoms with Crippen molar-refractivity contribution in [2.24, 2.45) is 0 Å². The van der Waals surface area contributed by atoms with E-state index in [4.69, 9.17) is 9.47 Å². The molecular weight excluding hydrogens is 311 g/mol. The van der Waals surface area contributed by atoms with Crippen LogP contribution in [0.4, 0.5) is 0 Å². The van der Waals surface area contributed by atoms with Crippen LogP contribution in [0.25, 0.3) is 0 Å². The molecular formula is C9H8IO3Si. The summed E-state index contributed by atoms with van der Waals surface area (Å²) >= 11 is 2.12. The van der Waals surface area contributed by atoms with Gasteiger partial charge in [-0.2, -0.15) is 0 Å². The second kappa shape index (κ2) is 5.35. The van der Waals surface area contributed by atoms with Crippen LogP contribution >= 0.6 is 22.6 Å². The molecule has 0 aliphatic carbocycles. The van der Waals surface area contributed by atoms with Gasteiger partial charge in [0.05, 0.1) is 23.6 Å². The molecule has 0 saturated carbocycles. The van der Waals surface area contributed by atoms with Gasteiger partial charge in [0.2, 0.25) is 0 Å². The number of hydrogen-bond acceptors (Lipinski definition) is 3. The van der Waals surface area contributed by atoms with Gasteiger partial charge < -0.3 is 9.47 Å². The third kappa shape index (κ3) is 2.71. The van der Waals surface area contributed by atoms with Gasteiger partial charge in [0.15, 0.2) is 0 Å². The Hall–Kier alpha value is -0.563. The fourth-order valence-corrected chi connectivity index (χ4v) is 1.61. The Bertz CT molecular complexity index is 341. The summed E-state index contributed by atoms with van der Waals surface area (Å²) in [5.41, 5.74) is 0.442. The number of carbonyl (C=O) groups is 1. The number of benzene rings is 1. The molecule has 0 bridgehead atoms. The standard InChI is InChI=1S/C9H8IO3Si/c1-12-8-3-2-6(10)4-7(8)9(11)13-5-14/h2-4H,5H2,1H3. The van der Waals surface area contributed by atoms with Crippen molar-refractivity contribution in [1.82, 2.24) is 0 Å². The van der Waals surface area contributed by atoms with Crippen molar-refractivity contribution in [2.45, 2.75) is 0 Å². The number of ether oxygens (including phenoxy) is 2. The van der Waals surface area contributed by atoms with Crippen molar-refractivity contribution in [3.05, 3.63) is 27.3 Å². The first-order valence-corrected chi connectivity index (χ1v) is 5.63. The zero-order chi connectivity index (χ0) is 10.6. The maximum Gasteiger partial charge on any atom is 0.341 e. The van der Waals surface area contributed by atoms with Crippen LogP contribution in [0.15, 0.2) is 18.2 Å². The number of carbonyl (C=O) groups excluding carboxylic acids is 1. The van der Waals surface area contributed by atoms with Crippen molar-refractivity contribution in [3.63, 3.8) is 0 Å². The molecule has 0 aliphatic rings. The van der Waals surface area contributed by atoms with Crippen molar-refractivity contribution in [3.8, 4) is 5.75 Å². The molecule has 0 saturated heterocycles. The van der Waals surface area contributed by atoms with Crippen LogP contribution in [0.2, 0.25) is 0 Å². The molecule has 0 atom stereocenters. The number of hydrogen-bond donors (Lipinski definition) is 0. The number of methoxy groups -OCH3 is 1. The Morgan fingerprint density at radius 3 is 2.86 bits per heavy atom. The Balaban J connectivity index is 3.03. The topological polar surface area (TPSA) is 35.5 Å². The summed E-state index contributed by atoms with van der Waals surface area (Å²) in [4.78, 5) is 11.4. The van der Waals surface area contributed by atoms with Crippen LogP contribution in [0, 0.1) is 3.57 Å². The smallest absolute Gasteiger partial charge is 0.341 e. The minimum Gasteiger partial charge on any atom is -0.496 e. The van der Waals surface area contributed by atoms with E-state index < -0.39 is 5.97 Å². The SMILES string of the molecule is COc1ccc(I)cc1C(=O)OC[Si]. The Morgan fingerprint density at radius 2 is 2.29 bits per heavy atom. The molecule has 3 nitrogen and oxygen atoms in total. The zero-order valence-corrected chi connectivity index (χ0v) is 10.7. The summed E-state index contributed by atoms with van der Waals surface area (Å²) in [5.74, 6) is 0.130. The molecule has 0 fully saturated rings. The molecule has 1 aromatic rings. The third-order valence-electron chi connectivity index (χ3n) is 1.58. The monoisotopic (exact) mass is 319 g/mol. The first-order valence-electron chi connectivity index (χ1n) is 3.84. The van der Waals surface area contributed by atoms with E-state index in [1.165, 1.54) is 7.11 Å². The maximum absolute atomic E-state index is 11.4. The quantitative estimate of drug-likeness (QED) is 0.482. The average molecular weight is 319 g/mol. The van der Waals surface area contributed by atoms with E-state index in [1.807, 2.05) is 6.07 Å². The zero-order valence-electron chi connectivity index (χ0n) is 7.54. The van der Waals surface area contributed by atoms with Gasteiger partial charge in [-0.1, -0.05) is 0 Å². The van der Waals surface area contributed by atoms with Crippen LogP contribution in [0.1, 0.15) is 10.4 Å². The van der Waals surface area contributed by atoms with Crippen LogP contribution in [0.5, 0.6) is 5.75 Å². The highest BCUT2D eigenvalue weighted by molar-refractivity contribution is 14.1. The van der Waals surface area contributed by atoms with Gasteiger partial charge in [0.25, 0.3) is 0 Å². The molecule has 1 rings (SSSR count). The molecule has 73 valence electrons. The van der Waals surface area contributed by atoms with E-state index in [1.54, 1.807) is 12.1 Å². The van der Waals surface area contributed by atoms with Gasteiger partial charge in [-0.3, -0.25) is 0 Å². The normalized spacial score (nSPS) is 9.64. The summed E-state index contributed by atoms with van der Waals surface area (Å²) in [5, 5.41) is 0. The molecule has 0 aromatic heterocycles. The van der Waals surface area contributed by atoms with E-state index in [9.17, 15) is 4.79 Å². The molecule has 0 amide bonds. The lowest BCUT2D eigenvalue weighted by atomic mass is 10.2. The van der Waals surface area contributed by atoms with Crippen LogP contribution in [-0.4, -0.2) is 29.6 Å². The Kier molecular flexibility index (Phi) is 4.40. The molecule has 14 heavy (non-hydrogen) atoms. The summed E-state index contributed by atoms with van der Waals surface area (Å²) in [6.07, 6.45) is 0.174. The predicted octanol–water partition coefficient (Wildman–Crippen LogP) is 1.58. The van der Waals surface area contributed by atoms with Gasteiger partial charge >= 0.3 is 5.97 Å². The summed E-state index contributed by atoms with van der Waals surface area (Å²) in [6.45, 7) is 0. The molecule has 0 spiro atoms. The number of halogens is 1. The average Bonchev–Trinajstić information content (AvgIpc) is 2.18. The fraction of sp³-hybridized carbons (Fsp3) is 0.222. The molecule has 3 radical (unpaired) electrons. The molecule has 0 N–H and O–H groups in total. The van der Waals surface area contributed by atoms with E-state index >= 15 is 0 Å². The predicted molar refractivity (Wildman–Crippen MR) is 61.7 cm³/mol. The summed E-state index contributed by atoms with van der Waals surface area (Å²) in [6, 6.07) is 5.33. The van der Waals surface area contributed by atoms with Gasteiger partial charge in [0, 0.05) is 3.57 Å². The van der Waals surface area contributed by atoms with Crippen LogP contribution in [-0.2, 0) is 4.74 Å². The third-order valence-corrected chi connectivity index (χ3v) is 2.40. The van der Waals surface area contributed by atoms with Crippen LogP contribution < -0.4 is 4.74 Å². The highest BCUT2D eigenvalue weighted by Gasteiger charge is 2.13. The fourth-order valence-electron chi connectivity index (χ4n) is 0.983. The van der Waals surface area contributed by atoms with Crippen LogP contribution in [0.3, 0.4) is 0 Å². The summed E-state index contributed by atoms with van der Waals surface area (Å²) < 4.78 is 10.8. The highest BCUT2D eigenvalue weighted by atomic mass is 127. The second-order valence-electron chi connectivity index (χ2n) is 2.42. The molecule has 0 unspecified atom stereocenters. The first kappa shape index (κ1) is 11.5. The van der Waals surface area contributed by atoms with E-state index in [-0.39, 0.29) is 6.23 Å². The van der Waals surface area contributed by atoms with Gasteiger partial charge in [-0.05, 0) is 40.8 Å². The summed E-state index contributed by atoms with van der Waals surface area (Å²) in [7, 11) is 4.59. The Labute approximate surface area is 99.3 Å². The van der Waals surface area contributed by atoms with Gasteiger partial charge in [-0.25, -0.2) is 4.79 Å². The van der Waals surface area contributed by atoms with Gasteiger partial charge in [-0.15, -0.1) is 0 Å². The molecule has 5 heteroatoms.